The van der Waals surface area contributed by atoms with Gasteiger partial charge < -0.3 is 24.8 Å². The summed E-state index contributed by atoms with van der Waals surface area (Å²) in [5.74, 6) is 0.560. The van der Waals surface area contributed by atoms with Crippen molar-refractivity contribution < 1.29 is 50.7 Å². The van der Waals surface area contributed by atoms with Crippen molar-refractivity contribution in [3.05, 3.63) is 174 Å². The normalized spacial score (nSPS) is 15.3. The molecule has 0 nitrogen and oxygen atoms in total. The van der Waals surface area contributed by atoms with Gasteiger partial charge in [-0.15, -0.1) is 33.8 Å². The molecule has 0 fully saturated rings. The number of hydrogen-bond acceptors (Lipinski definition) is 2. The molecular weight excluding hydrogens is 890 g/mol. The van der Waals surface area contributed by atoms with E-state index >= 15 is 0 Å². The molecule has 0 spiro atoms. The third-order valence-electron chi connectivity index (χ3n) is 9.91. The number of thiophene rings is 2. The molecule has 0 saturated heterocycles. The Morgan fingerprint density at radius 3 is 1.13 bits per heavy atom. The van der Waals surface area contributed by atoms with Crippen LogP contribution in [0.4, 0.5) is 0 Å². The first-order chi connectivity index (χ1) is 23.9. The van der Waals surface area contributed by atoms with Gasteiger partial charge >= 0.3 is 25.8 Å². The molecule has 5 heteroatoms. The second-order valence-electron chi connectivity index (χ2n) is 15.7. The van der Waals surface area contributed by atoms with Crippen LogP contribution in [-0.2, 0) is 36.7 Å². The number of halogens is 2. The zero-order valence-electron chi connectivity index (χ0n) is 31.8. The molecule has 0 saturated carbocycles. The van der Waals surface area contributed by atoms with Crippen LogP contribution >= 0.6 is 22.7 Å². The van der Waals surface area contributed by atoms with E-state index in [0.29, 0.717) is 0 Å². The molecule has 2 aliphatic carbocycles. The van der Waals surface area contributed by atoms with Crippen molar-refractivity contribution in [2.75, 3.05) is 0 Å². The van der Waals surface area contributed by atoms with Crippen LogP contribution in [0.2, 0.25) is 0 Å². The fourth-order valence-corrected chi connectivity index (χ4v) is 8.91. The van der Waals surface area contributed by atoms with E-state index in [2.05, 4.69) is 189 Å². The molecule has 53 heavy (non-hydrogen) atoms. The topological polar surface area (TPSA) is 0 Å². The molecule has 2 aliphatic rings. The molecule has 0 N–H and O–H groups in total. The minimum Gasteiger partial charge on any atom is -1.00 e. The molecular formula is C48H46Cl2HfS2. The second kappa shape index (κ2) is 17.3. The minimum atomic E-state index is 0. The van der Waals surface area contributed by atoms with E-state index in [1.54, 1.807) is 0 Å². The summed E-state index contributed by atoms with van der Waals surface area (Å²) in [6.45, 7) is 17.9. The maximum Gasteiger partial charge on any atom is 4.00 e. The summed E-state index contributed by atoms with van der Waals surface area (Å²) in [5.41, 5.74) is 13.7. The van der Waals surface area contributed by atoms with Crippen molar-refractivity contribution in [1.29, 1.82) is 0 Å². The first-order valence-corrected chi connectivity index (χ1v) is 19.3. The molecule has 268 valence electrons. The Hall–Kier alpha value is -2.79. The minimum absolute atomic E-state index is 0. The van der Waals surface area contributed by atoms with Gasteiger partial charge in [0.25, 0.3) is 0 Å². The Labute approximate surface area is 357 Å². The van der Waals surface area contributed by atoms with Crippen molar-refractivity contribution in [2.45, 2.75) is 78.1 Å². The average Bonchev–Trinajstić information content (AvgIpc) is 3.90. The Balaban J connectivity index is 0.000000224. The zero-order valence-corrected chi connectivity index (χ0v) is 38.5. The summed E-state index contributed by atoms with van der Waals surface area (Å²) < 4.78 is 0. The summed E-state index contributed by atoms with van der Waals surface area (Å²) in [6, 6.07) is 40.3. The Kier molecular flexibility index (Phi) is 14.1. The van der Waals surface area contributed by atoms with E-state index in [4.69, 9.17) is 0 Å². The SMILES string of the molecule is Cc1ccc(C2[C-]=Cc3c(-c4ccc(C(C)(C)C)cc4)cccc32)s1.Cc1ccc(C2[C-]=Cc3c(-c4ccc(C(C)(C)C)cc4)cccc32)s1.[Cl-].[Cl-].[Hf+4]. The molecule has 2 atom stereocenters. The van der Waals surface area contributed by atoms with Gasteiger partial charge in [0, 0.05) is 9.75 Å². The predicted molar refractivity (Wildman–Crippen MR) is 218 cm³/mol. The maximum absolute atomic E-state index is 3.58. The maximum atomic E-state index is 3.58. The molecule has 6 aromatic rings. The summed E-state index contributed by atoms with van der Waals surface area (Å²) in [4.78, 5) is 5.49. The van der Waals surface area contributed by atoms with Gasteiger partial charge in [-0.05, 0) is 81.0 Å². The van der Waals surface area contributed by atoms with Crippen LogP contribution in [0.3, 0.4) is 0 Å². The first kappa shape index (κ1) is 42.9. The van der Waals surface area contributed by atoms with E-state index < -0.39 is 0 Å². The second-order valence-corrected chi connectivity index (χ2v) is 18.3. The van der Waals surface area contributed by atoms with Gasteiger partial charge in [0.15, 0.2) is 0 Å². The number of hydrogen-bond donors (Lipinski definition) is 0. The van der Waals surface area contributed by atoms with Gasteiger partial charge in [-0.3, -0.25) is 12.2 Å². The van der Waals surface area contributed by atoms with Crippen molar-refractivity contribution in [3.8, 4) is 22.3 Å². The quantitative estimate of drug-likeness (QED) is 0.124. The molecule has 0 amide bonds. The van der Waals surface area contributed by atoms with E-state index in [1.165, 1.54) is 75.1 Å². The molecule has 2 heterocycles. The fraction of sp³-hybridized carbons (Fsp3) is 0.250. The van der Waals surface area contributed by atoms with Crippen molar-refractivity contribution >= 4 is 34.8 Å². The molecule has 0 aliphatic heterocycles. The number of benzene rings is 4. The largest absolute Gasteiger partial charge is 4.00 e. The van der Waals surface area contributed by atoms with Crippen LogP contribution < -0.4 is 24.8 Å². The Morgan fingerprint density at radius 2 is 0.830 bits per heavy atom. The first-order valence-electron chi connectivity index (χ1n) is 17.7. The number of allylic oxidation sites excluding steroid dienone is 2. The van der Waals surface area contributed by atoms with Crippen molar-refractivity contribution in [2.24, 2.45) is 0 Å². The Bertz CT molecular complexity index is 2040. The van der Waals surface area contributed by atoms with Crippen LogP contribution in [0.1, 0.15) is 106 Å². The summed E-state index contributed by atoms with van der Waals surface area (Å²) in [7, 11) is 0. The van der Waals surface area contributed by atoms with Crippen LogP contribution in [0, 0.1) is 26.0 Å². The van der Waals surface area contributed by atoms with Crippen LogP contribution in [0.15, 0.2) is 109 Å². The number of fused-ring (bicyclic) bond motifs is 2. The number of rotatable bonds is 4. The summed E-state index contributed by atoms with van der Waals surface area (Å²) in [6.07, 6.45) is 11.5. The van der Waals surface area contributed by atoms with Crippen molar-refractivity contribution in [1.82, 2.24) is 0 Å². The van der Waals surface area contributed by atoms with Gasteiger partial charge in [-0.1, -0.05) is 149 Å². The summed E-state index contributed by atoms with van der Waals surface area (Å²) >= 11 is 3.74. The van der Waals surface area contributed by atoms with E-state index in [9.17, 15) is 0 Å². The average molecular weight is 936 g/mol. The van der Waals surface area contributed by atoms with E-state index in [1.807, 2.05) is 22.7 Å². The van der Waals surface area contributed by atoms with Crippen LogP contribution in [0.5, 0.6) is 0 Å². The molecule has 4 aromatic carbocycles. The van der Waals surface area contributed by atoms with Crippen LogP contribution in [0.25, 0.3) is 34.4 Å². The van der Waals surface area contributed by atoms with E-state index in [-0.39, 0.29) is 73.3 Å². The third-order valence-corrected chi connectivity index (χ3v) is 12.0. The van der Waals surface area contributed by atoms with Gasteiger partial charge in [0.1, 0.15) is 0 Å². The standard InChI is InChI=1S/2C24H23S.2ClH.Hf/c2*1-16-8-15-23(25-16)22-14-13-21-19(6-5-7-20(21)22)17-9-11-18(12-10-17)24(2,3)4;;;/h2*5-13,15,22H,1-4H3;2*1H;/q2*-1;;;+4/p-2. The molecule has 2 unspecified atom stereocenters. The predicted octanol–water partition coefficient (Wildman–Crippen LogP) is 7.97. The fourth-order valence-electron chi connectivity index (χ4n) is 7.00. The molecule has 0 radical (unpaired) electrons. The number of aryl methyl sites for hydroxylation is 2. The van der Waals surface area contributed by atoms with Gasteiger partial charge in [-0.25, -0.2) is 12.2 Å². The zero-order chi connectivity index (χ0) is 35.2. The van der Waals surface area contributed by atoms with Gasteiger partial charge in [0.2, 0.25) is 0 Å². The van der Waals surface area contributed by atoms with Gasteiger partial charge in [0.05, 0.1) is 0 Å². The van der Waals surface area contributed by atoms with E-state index in [0.717, 1.165) is 0 Å². The summed E-state index contributed by atoms with van der Waals surface area (Å²) in [5, 5.41) is 0. The third kappa shape index (κ3) is 9.20. The van der Waals surface area contributed by atoms with Gasteiger partial charge in [-0.2, -0.15) is 11.1 Å². The monoisotopic (exact) mass is 936 g/mol. The van der Waals surface area contributed by atoms with Crippen molar-refractivity contribution in [3.63, 3.8) is 0 Å². The molecule has 8 rings (SSSR count). The van der Waals surface area contributed by atoms with Crippen LogP contribution in [-0.4, -0.2) is 0 Å². The Morgan fingerprint density at radius 1 is 0.472 bits per heavy atom. The molecule has 0 bridgehead atoms. The smallest absolute Gasteiger partial charge is 1.00 e. The molecule has 2 aromatic heterocycles.